The average molecular weight is 241 g/mol. The van der Waals surface area contributed by atoms with Gasteiger partial charge in [0.05, 0.1) is 6.61 Å². The lowest BCUT2D eigenvalue weighted by Crippen LogP contribution is -2.29. The van der Waals surface area contributed by atoms with E-state index in [2.05, 4.69) is 5.32 Å². The number of carbonyl (C=O) groups excluding carboxylic acids is 1. The van der Waals surface area contributed by atoms with Gasteiger partial charge in [-0.1, -0.05) is 0 Å². The smallest absolute Gasteiger partial charge is 0.306 e. The number of piperidine rings is 1. The first-order valence-electron chi connectivity index (χ1n) is 6.78. The van der Waals surface area contributed by atoms with Crippen LogP contribution < -0.4 is 5.32 Å². The summed E-state index contributed by atoms with van der Waals surface area (Å²) in [6, 6.07) is 0. The molecule has 98 valence electrons. The molecule has 0 aromatic carbocycles. The molecule has 0 atom stereocenters. The SMILES string of the molecule is O=C(CC1CCNCC1)OCC1CCOCC1. The molecule has 1 N–H and O–H groups in total. The van der Waals surface area contributed by atoms with Crippen molar-refractivity contribution in [1.82, 2.24) is 5.32 Å². The van der Waals surface area contributed by atoms with Gasteiger partial charge in [-0.05, 0) is 50.6 Å². The molecule has 2 aliphatic rings. The van der Waals surface area contributed by atoms with Crippen molar-refractivity contribution in [1.29, 1.82) is 0 Å². The fraction of sp³-hybridized carbons (Fsp3) is 0.923. The summed E-state index contributed by atoms with van der Waals surface area (Å²) in [6.45, 7) is 4.30. The van der Waals surface area contributed by atoms with Crippen LogP contribution in [0.3, 0.4) is 0 Å². The Morgan fingerprint density at radius 2 is 1.82 bits per heavy atom. The molecule has 0 bridgehead atoms. The Morgan fingerprint density at radius 1 is 1.12 bits per heavy atom. The van der Waals surface area contributed by atoms with Crippen molar-refractivity contribution in [3.8, 4) is 0 Å². The van der Waals surface area contributed by atoms with E-state index >= 15 is 0 Å². The summed E-state index contributed by atoms with van der Waals surface area (Å²) in [4.78, 5) is 11.7. The van der Waals surface area contributed by atoms with Crippen LogP contribution in [0.15, 0.2) is 0 Å². The van der Waals surface area contributed by atoms with E-state index in [9.17, 15) is 4.79 Å². The average Bonchev–Trinajstić information content (AvgIpc) is 2.39. The van der Waals surface area contributed by atoms with Gasteiger partial charge in [0.1, 0.15) is 0 Å². The Bertz CT molecular complexity index is 233. The zero-order valence-electron chi connectivity index (χ0n) is 10.5. The van der Waals surface area contributed by atoms with E-state index in [1.165, 1.54) is 0 Å². The van der Waals surface area contributed by atoms with Crippen molar-refractivity contribution in [2.75, 3.05) is 32.9 Å². The maximum Gasteiger partial charge on any atom is 0.306 e. The van der Waals surface area contributed by atoms with Crippen LogP contribution in [0.1, 0.15) is 32.1 Å². The Morgan fingerprint density at radius 3 is 2.53 bits per heavy atom. The molecule has 0 amide bonds. The van der Waals surface area contributed by atoms with Crippen molar-refractivity contribution in [2.45, 2.75) is 32.1 Å². The van der Waals surface area contributed by atoms with Crippen LogP contribution in [0.2, 0.25) is 0 Å². The van der Waals surface area contributed by atoms with Gasteiger partial charge in [0.2, 0.25) is 0 Å². The van der Waals surface area contributed by atoms with E-state index in [0.717, 1.165) is 52.0 Å². The van der Waals surface area contributed by atoms with Crippen molar-refractivity contribution < 1.29 is 14.3 Å². The van der Waals surface area contributed by atoms with E-state index in [1.54, 1.807) is 0 Å². The van der Waals surface area contributed by atoms with E-state index in [-0.39, 0.29) is 5.97 Å². The van der Waals surface area contributed by atoms with E-state index in [0.29, 0.717) is 24.9 Å². The number of ether oxygens (including phenoxy) is 2. The monoisotopic (exact) mass is 241 g/mol. The molecule has 0 radical (unpaired) electrons. The van der Waals surface area contributed by atoms with Gasteiger partial charge in [-0.2, -0.15) is 0 Å². The first-order chi connectivity index (χ1) is 8.34. The molecule has 2 rings (SSSR count). The van der Waals surface area contributed by atoms with Crippen LogP contribution in [-0.4, -0.2) is 38.9 Å². The number of rotatable bonds is 4. The fourth-order valence-electron chi connectivity index (χ4n) is 2.50. The summed E-state index contributed by atoms with van der Waals surface area (Å²) in [5, 5.41) is 3.31. The largest absolute Gasteiger partial charge is 0.465 e. The summed E-state index contributed by atoms with van der Waals surface area (Å²) in [6.07, 6.45) is 4.87. The van der Waals surface area contributed by atoms with E-state index in [1.807, 2.05) is 0 Å². The van der Waals surface area contributed by atoms with Crippen LogP contribution in [-0.2, 0) is 14.3 Å². The summed E-state index contributed by atoms with van der Waals surface area (Å²) in [7, 11) is 0. The first kappa shape index (κ1) is 12.8. The second-order valence-electron chi connectivity index (χ2n) is 5.14. The molecular weight excluding hydrogens is 218 g/mol. The maximum atomic E-state index is 11.7. The van der Waals surface area contributed by atoms with Crippen LogP contribution in [0, 0.1) is 11.8 Å². The fourth-order valence-corrected chi connectivity index (χ4v) is 2.50. The molecule has 2 saturated heterocycles. The molecule has 17 heavy (non-hydrogen) atoms. The van der Waals surface area contributed by atoms with Gasteiger partial charge < -0.3 is 14.8 Å². The maximum absolute atomic E-state index is 11.7. The van der Waals surface area contributed by atoms with Crippen molar-refractivity contribution in [2.24, 2.45) is 11.8 Å². The third-order valence-corrected chi connectivity index (χ3v) is 3.73. The molecule has 0 unspecified atom stereocenters. The topological polar surface area (TPSA) is 47.6 Å². The Balaban J connectivity index is 1.59. The highest BCUT2D eigenvalue weighted by Gasteiger charge is 2.19. The lowest BCUT2D eigenvalue weighted by Gasteiger charge is -2.23. The number of hydrogen-bond acceptors (Lipinski definition) is 4. The minimum atomic E-state index is -0.0107. The van der Waals surface area contributed by atoms with Gasteiger partial charge in [0.15, 0.2) is 0 Å². The van der Waals surface area contributed by atoms with Crippen molar-refractivity contribution in [3.63, 3.8) is 0 Å². The highest BCUT2D eigenvalue weighted by Crippen LogP contribution is 2.18. The molecule has 4 nitrogen and oxygen atoms in total. The number of hydrogen-bond donors (Lipinski definition) is 1. The van der Waals surface area contributed by atoms with Gasteiger partial charge in [-0.15, -0.1) is 0 Å². The van der Waals surface area contributed by atoms with Gasteiger partial charge >= 0.3 is 5.97 Å². The normalized spacial score (nSPS) is 23.5. The van der Waals surface area contributed by atoms with Crippen LogP contribution in [0.4, 0.5) is 0 Å². The van der Waals surface area contributed by atoms with Gasteiger partial charge in [-0.25, -0.2) is 0 Å². The van der Waals surface area contributed by atoms with Crippen molar-refractivity contribution in [3.05, 3.63) is 0 Å². The van der Waals surface area contributed by atoms with Crippen molar-refractivity contribution >= 4 is 5.97 Å². The summed E-state index contributed by atoms with van der Waals surface area (Å²) in [5.41, 5.74) is 0. The summed E-state index contributed by atoms with van der Waals surface area (Å²) >= 11 is 0. The highest BCUT2D eigenvalue weighted by atomic mass is 16.5. The molecule has 4 heteroatoms. The first-order valence-corrected chi connectivity index (χ1v) is 6.78. The second kappa shape index (κ2) is 6.97. The standard InChI is InChI=1S/C13H23NO3/c15-13(9-11-1-5-14-6-2-11)17-10-12-3-7-16-8-4-12/h11-12,14H,1-10H2. The van der Waals surface area contributed by atoms with Gasteiger partial charge in [0.25, 0.3) is 0 Å². The van der Waals surface area contributed by atoms with E-state index in [4.69, 9.17) is 9.47 Å². The molecule has 2 aliphatic heterocycles. The molecule has 0 aliphatic carbocycles. The van der Waals surface area contributed by atoms with Gasteiger partial charge in [-0.3, -0.25) is 4.79 Å². The second-order valence-corrected chi connectivity index (χ2v) is 5.14. The van der Waals surface area contributed by atoms with Crippen LogP contribution in [0.25, 0.3) is 0 Å². The van der Waals surface area contributed by atoms with E-state index < -0.39 is 0 Å². The minimum absolute atomic E-state index is 0.0107. The summed E-state index contributed by atoms with van der Waals surface area (Å²) in [5.74, 6) is 1.03. The molecule has 2 heterocycles. The predicted octanol–water partition coefficient (Wildman–Crippen LogP) is 1.35. The van der Waals surface area contributed by atoms with Crippen LogP contribution >= 0.6 is 0 Å². The molecule has 0 spiro atoms. The van der Waals surface area contributed by atoms with Gasteiger partial charge in [0, 0.05) is 19.6 Å². The summed E-state index contributed by atoms with van der Waals surface area (Å²) < 4.78 is 10.6. The lowest BCUT2D eigenvalue weighted by atomic mass is 9.95. The number of carbonyl (C=O) groups is 1. The zero-order valence-corrected chi connectivity index (χ0v) is 10.5. The minimum Gasteiger partial charge on any atom is -0.465 e. The Hall–Kier alpha value is -0.610. The van der Waals surface area contributed by atoms with Crippen LogP contribution in [0.5, 0.6) is 0 Å². The third-order valence-electron chi connectivity index (χ3n) is 3.73. The highest BCUT2D eigenvalue weighted by molar-refractivity contribution is 5.69. The number of nitrogens with one attached hydrogen (secondary N) is 1. The number of esters is 1. The molecule has 0 aromatic rings. The molecule has 0 aromatic heterocycles. The zero-order chi connectivity index (χ0) is 11.9. The molecule has 2 fully saturated rings. The molecular formula is C13H23NO3. The molecule has 0 saturated carbocycles. The quantitative estimate of drug-likeness (QED) is 0.755. The predicted molar refractivity (Wildman–Crippen MR) is 64.7 cm³/mol. The lowest BCUT2D eigenvalue weighted by molar-refractivity contribution is -0.147. The Labute approximate surface area is 103 Å². The third kappa shape index (κ3) is 4.64. The Kier molecular flexibility index (Phi) is 5.26.